The van der Waals surface area contributed by atoms with Crippen LogP contribution in [0.25, 0.3) is 42.9 Å². The molecule has 10 nitrogen and oxygen atoms in total. The molecule has 2 aliphatic carbocycles. The highest BCUT2D eigenvalue weighted by Gasteiger charge is 2.23. The molecule has 2 aliphatic rings. The second-order valence-corrected chi connectivity index (χ2v) is 17.0. The smallest absolute Gasteiger partial charge is 0.261 e. The van der Waals surface area contributed by atoms with Gasteiger partial charge in [0.1, 0.15) is 11.3 Å². The van der Waals surface area contributed by atoms with Crippen molar-refractivity contribution in [1.29, 1.82) is 0 Å². The maximum atomic E-state index is 12.7. The molecule has 2 saturated carbocycles. The van der Waals surface area contributed by atoms with Crippen molar-refractivity contribution in [2.45, 2.75) is 89.1 Å². The van der Waals surface area contributed by atoms with E-state index < -0.39 is 0 Å². The first-order chi connectivity index (χ1) is 26.5. The number of halogens is 2. The minimum atomic E-state index is -0.0168. The van der Waals surface area contributed by atoms with Crippen LogP contribution in [0.2, 0.25) is 0 Å². The number of rotatable bonds is 12. The van der Waals surface area contributed by atoms with E-state index in [2.05, 4.69) is 30.6 Å². The number of thiophene rings is 2. The third-order valence-electron chi connectivity index (χ3n) is 11.0. The van der Waals surface area contributed by atoms with Gasteiger partial charge in [-0.1, -0.05) is 64.2 Å². The van der Waals surface area contributed by atoms with Gasteiger partial charge in [0.2, 0.25) is 0 Å². The average Bonchev–Trinajstić information content (AvgIpc) is 4.05. The first kappa shape index (κ1) is 43.3. The van der Waals surface area contributed by atoms with Crippen molar-refractivity contribution in [1.82, 2.24) is 30.6 Å². The molecular weight excluding hydrogens is 784 g/mol. The number of aromatic nitrogens is 4. The Morgan fingerprint density at radius 2 is 1.04 bits per heavy atom. The summed E-state index contributed by atoms with van der Waals surface area (Å²) in [5, 5.41) is 8.46. The second-order valence-electron chi connectivity index (χ2n) is 14.8. The third kappa shape index (κ3) is 10.8. The van der Waals surface area contributed by atoms with Crippen LogP contribution in [0.4, 0.5) is 0 Å². The molecule has 0 radical (unpaired) electrons. The Hall–Kier alpha value is -3.78. The number of fused-ring (bicyclic) bond motifs is 2. The number of H-pyrrole nitrogens is 2. The summed E-state index contributed by atoms with van der Waals surface area (Å²) in [5.41, 5.74) is 15.8. The Kier molecular flexibility index (Phi) is 16.3. The molecule has 0 unspecified atom stereocenters. The largest absolute Gasteiger partial charge is 0.347 e. The van der Waals surface area contributed by atoms with E-state index in [1.165, 1.54) is 86.9 Å². The van der Waals surface area contributed by atoms with Crippen molar-refractivity contribution in [2.24, 2.45) is 23.3 Å². The van der Waals surface area contributed by atoms with E-state index >= 15 is 0 Å². The molecule has 0 aromatic carbocycles. The highest BCUT2D eigenvalue weighted by atomic mass is 35.5. The zero-order chi connectivity index (χ0) is 37.3. The van der Waals surface area contributed by atoms with E-state index in [1.54, 1.807) is 12.4 Å². The van der Waals surface area contributed by atoms with Crippen molar-refractivity contribution in [3.63, 3.8) is 0 Å². The third-order valence-corrected chi connectivity index (χ3v) is 13.3. The van der Waals surface area contributed by atoms with Crippen LogP contribution in [0.3, 0.4) is 0 Å². The SMILES string of the molecule is Cl.Cl.NC[C@H](CC1CCCCC1)NC(=O)c1ccc(-c2ccnc3[nH]ccc23)s1.NC[C@H](CC1CCCCC1)NC(=O)c1ccc(-c2ccnc3[nH]ccc23)s1. The molecule has 56 heavy (non-hydrogen) atoms. The highest BCUT2D eigenvalue weighted by Crippen LogP contribution is 2.35. The number of hydrogen-bond acceptors (Lipinski definition) is 8. The van der Waals surface area contributed by atoms with Crippen molar-refractivity contribution < 1.29 is 9.59 Å². The monoisotopic (exact) mass is 836 g/mol. The van der Waals surface area contributed by atoms with Gasteiger partial charge in [0.25, 0.3) is 11.8 Å². The standard InChI is InChI=1S/2C21H26N4OS.2ClH/c2*22-13-15(12-14-4-2-1-3-5-14)25-21(26)19-7-6-18(27-19)16-8-10-23-20-17(16)9-11-24-20;;/h2*6-11,14-15H,1-5,12-13,22H2,(H,23,24)(H,25,26);2*1H/t2*15-;;/m00../s1. The van der Waals surface area contributed by atoms with E-state index in [4.69, 9.17) is 11.5 Å². The Morgan fingerprint density at radius 1 is 0.625 bits per heavy atom. The van der Waals surface area contributed by atoms with Crippen LogP contribution < -0.4 is 22.1 Å². The number of amides is 2. The van der Waals surface area contributed by atoms with Gasteiger partial charge in [-0.3, -0.25) is 9.59 Å². The first-order valence-corrected chi connectivity index (χ1v) is 21.2. The summed E-state index contributed by atoms with van der Waals surface area (Å²) < 4.78 is 0. The Morgan fingerprint density at radius 3 is 1.43 bits per heavy atom. The van der Waals surface area contributed by atoms with Gasteiger partial charge in [0.15, 0.2) is 0 Å². The van der Waals surface area contributed by atoms with Crippen LogP contribution in [0.1, 0.15) is 96.4 Å². The number of carbonyl (C=O) groups is 2. The van der Waals surface area contributed by atoms with Gasteiger partial charge < -0.3 is 32.1 Å². The van der Waals surface area contributed by atoms with E-state index in [0.29, 0.717) is 24.9 Å². The number of carbonyl (C=O) groups excluding carboxylic acids is 2. The predicted molar refractivity (Wildman–Crippen MR) is 236 cm³/mol. The number of nitrogens with one attached hydrogen (secondary N) is 4. The number of pyridine rings is 2. The molecule has 0 bridgehead atoms. The molecule has 2 fully saturated rings. The van der Waals surface area contributed by atoms with E-state index in [0.717, 1.165) is 65.5 Å². The Labute approximate surface area is 349 Å². The maximum absolute atomic E-state index is 12.7. The van der Waals surface area contributed by atoms with Crippen molar-refractivity contribution in [3.8, 4) is 20.9 Å². The molecule has 0 aliphatic heterocycles. The molecule has 8 N–H and O–H groups in total. The normalized spacial score (nSPS) is 15.9. The summed E-state index contributed by atoms with van der Waals surface area (Å²) in [4.78, 5) is 44.0. The quantitative estimate of drug-likeness (QED) is 0.0718. The lowest BCUT2D eigenvalue weighted by atomic mass is 9.85. The summed E-state index contributed by atoms with van der Waals surface area (Å²) >= 11 is 3.03. The fourth-order valence-electron chi connectivity index (χ4n) is 8.15. The number of aromatic amines is 2. The van der Waals surface area contributed by atoms with Gasteiger partial charge in [-0.15, -0.1) is 47.5 Å². The molecule has 0 saturated heterocycles. The lowest BCUT2D eigenvalue weighted by Gasteiger charge is -2.26. The molecule has 8 rings (SSSR count). The van der Waals surface area contributed by atoms with Crippen molar-refractivity contribution >= 4 is 81.4 Å². The second kappa shape index (κ2) is 21.1. The average molecular weight is 838 g/mol. The lowest BCUT2D eigenvalue weighted by Crippen LogP contribution is -2.41. The van der Waals surface area contributed by atoms with E-state index in [9.17, 15) is 9.59 Å². The van der Waals surface area contributed by atoms with Crippen LogP contribution in [0.5, 0.6) is 0 Å². The van der Waals surface area contributed by atoms with Gasteiger partial charge in [0.05, 0.1) is 9.75 Å². The summed E-state index contributed by atoms with van der Waals surface area (Å²) in [6, 6.07) is 16.0. The molecular formula is C42H54Cl2N8O2S2. The highest BCUT2D eigenvalue weighted by molar-refractivity contribution is 7.17. The van der Waals surface area contributed by atoms with Crippen molar-refractivity contribution in [3.05, 3.63) is 83.1 Å². The number of hydrogen-bond donors (Lipinski definition) is 6. The van der Waals surface area contributed by atoms with Gasteiger partial charge in [-0.05, 0) is 73.2 Å². The fraction of sp³-hybridized carbons (Fsp3) is 0.429. The van der Waals surface area contributed by atoms with Gasteiger partial charge in [0, 0.05) is 81.6 Å². The lowest BCUT2D eigenvalue weighted by molar-refractivity contribution is 0.0926. The topological polar surface area (TPSA) is 168 Å². The summed E-state index contributed by atoms with van der Waals surface area (Å²) in [5.74, 6) is 1.36. The zero-order valence-electron chi connectivity index (χ0n) is 31.6. The van der Waals surface area contributed by atoms with Crippen LogP contribution in [0, 0.1) is 11.8 Å². The molecule has 6 aromatic heterocycles. The van der Waals surface area contributed by atoms with Gasteiger partial charge in [-0.25, -0.2) is 9.97 Å². The van der Waals surface area contributed by atoms with Crippen LogP contribution in [-0.4, -0.2) is 56.9 Å². The summed E-state index contributed by atoms with van der Waals surface area (Å²) in [6.45, 7) is 0.990. The molecule has 14 heteroatoms. The molecule has 6 aromatic rings. The van der Waals surface area contributed by atoms with Gasteiger partial charge in [-0.2, -0.15) is 0 Å². The van der Waals surface area contributed by atoms with Crippen molar-refractivity contribution in [2.75, 3.05) is 13.1 Å². The predicted octanol–water partition coefficient (Wildman–Crippen LogP) is 9.48. The van der Waals surface area contributed by atoms with Crippen LogP contribution in [0.15, 0.2) is 73.3 Å². The molecule has 6 heterocycles. The molecule has 2 amide bonds. The van der Waals surface area contributed by atoms with E-state index in [-0.39, 0.29) is 48.7 Å². The fourth-order valence-corrected chi connectivity index (χ4v) is 10.0. The minimum absolute atomic E-state index is 0. The zero-order valence-corrected chi connectivity index (χ0v) is 34.9. The number of nitrogens with zero attached hydrogens (tertiary/aromatic N) is 2. The Bertz CT molecular complexity index is 1980. The number of nitrogens with two attached hydrogens (primary N) is 2. The summed E-state index contributed by atoms with van der Waals surface area (Å²) in [7, 11) is 0. The summed E-state index contributed by atoms with van der Waals surface area (Å²) in [6.07, 6.45) is 22.4. The molecule has 0 spiro atoms. The van der Waals surface area contributed by atoms with E-state index in [1.807, 2.05) is 60.9 Å². The first-order valence-electron chi connectivity index (χ1n) is 19.6. The van der Waals surface area contributed by atoms with Crippen LogP contribution >= 0.6 is 47.5 Å². The molecule has 300 valence electrons. The maximum Gasteiger partial charge on any atom is 0.261 e. The minimum Gasteiger partial charge on any atom is -0.347 e. The van der Waals surface area contributed by atoms with Crippen LogP contribution in [-0.2, 0) is 0 Å². The van der Waals surface area contributed by atoms with Gasteiger partial charge >= 0.3 is 0 Å². The molecule has 2 atom stereocenters. The Balaban J connectivity index is 0.000000207.